The largest absolute Gasteiger partial charge is 0.673 e. The van der Waals surface area contributed by atoms with Crippen molar-refractivity contribution in [3.05, 3.63) is 18.2 Å². The molecule has 0 aliphatic rings. The molecule has 1 rings (SSSR count). The van der Waals surface area contributed by atoms with Crippen LogP contribution in [0.15, 0.2) is 12.4 Å². The first-order valence-electron chi connectivity index (χ1n) is 4.70. The summed E-state index contributed by atoms with van der Waals surface area (Å²) in [6.45, 7) is 5.42. The van der Waals surface area contributed by atoms with E-state index in [1.54, 1.807) is 0 Å². The lowest BCUT2D eigenvalue weighted by Crippen LogP contribution is -2.31. The van der Waals surface area contributed by atoms with Crippen LogP contribution in [0.5, 0.6) is 0 Å². The number of aryl methyl sites for hydroxylation is 2. The summed E-state index contributed by atoms with van der Waals surface area (Å²) >= 11 is 0. The summed E-state index contributed by atoms with van der Waals surface area (Å²) in [5.74, 6) is 1.39. The highest BCUT2D eigenvalue weighted by Crippen LogP contribution is 2.06. The molecule has 88 valence electrons. The number of nitrogens with zero attached hydrogens (tertiary/aromatic N) is 2. The molecule has 0 unspecified atom stereocenters. The van der Waals surface area contributed by atoms with Gasteiger partial charge in [-0.25, -0.2) is 9.13 Å². The zero-order valence-corrected chi connectivity index (χ0v) is 9.05. The van der Waals surface area contributed by atoms with E-state index in [0.717, 1.165) is 13.0 Å². The number of aromatic nitrogens is 2. The van der Waals surface area contributed by atoms with Gasteiger partial charge in [0.1, 0.15) is 12.4 Å². The highest BCUT2D eigenvalue weighted by molar-refractivity contribution is 6.50. The summed E-state index contributed by atoms with van der Waals surface area (Å²) < 4.78 is 43.4. The van der Waals surface area contributed by atoms with Crippen molar-refractivity contribution in [3.8, 4) is 0 Å². The number of halogens is 4. The first kappa shape index (κ1) is 14.0. The van der Waals surface area contributed by atoms with Gasteiger partial charge >= 0.3 is 7.25 Å². The SMILES string of the molecule is CCc1n(CC)cc[n+]1C.F[B-](F)(F)F. The van der Waals surface area contributed by atoms with Crippen molar-refractivity contribution in [2.75, 3.05) is 0 Å². The molecule has 0 aromatic carbocycles. The molecule has 2 nitrogen and oxygen atoms in total. The fourth-order valence-corrected chi connectivity index (χ4v) is 1.30. The van der Waals surface area contributed by atoms with Crippen molar-refractivity contribution < 1.29 is 21.8 Å². The monoisotopic (exact) mass is 226 g/mol. The molecule has 0 atom stereocenters. The van der Waals surface area contributed by atoms with E-state index in [1.807, 2.05) is 0 Å². The average molecular weight is 226 g/mol. The number of rotatable bonds is 2. The predicted molar refractivity (Wildman–Crippen MR) is 50.8 cm³/mol. The van der Waals surface area contributed by atoms with E-state index in [-0.39, 0.29) is 0 Å². The van der Waals surface area contributed by atoms with Gasteiger partial charge in [0.2, 0.25) is 0 Å². The maximum atomic E-state index is 9.75. The lowest BCUT2D eigenvalue weighted by Gasteiger charge is -1.94. The van der Waals surface area contributed by atoms with Crippen molar-refractivity contribution in [2.45, 2.75) is 26.8 Å². The maximum Gasteiger partial charge on any atom is 0.673 e. The van der Waals surface area contributed by atoms with E-state index in [9.17, 15) is 17.3 Å². The van der Waals surface area contributed by atoms with E-state index >= 15 is 0 Å². The lowest BCUT2D eigenvalue weighted by atomic mass is 10.3. The summed E-state index contributed by atoms with van der Waals surface area (Å²) in [6.07, 6.45) is 5.33. The third kappa shape index (κ3) is 6.14. The van der Waals surface area contributed by atoms with Crippen LogP contribution in [0.3, 0.4) is 0 Å². The van der Waals surface area contributed by atoms with Crippen LogP contribution in [0.25, 0.3) is 0 Å². The van der Waals surface area contributed by atoms with Crippen molar-refractivity contribution in [1.82, 2.24) is 4.57 Å². The molecule has 0 fully saturated rings. The zero-order chi connectivity index (χ0) is 12.1. The van der Waals surface area contributed by atoms with E-state index in [0.29, 0.717) is 0 Å². The van der Waals surface area contributed by atoms with Gasteiger partial charge in [0.25, 0.3) is 5.82 Å². The molecular formula is C8H15BF4N2. The van der Waals surface area contributed by atoms with Crippen LogP contribution < -0.4 is 4.57 Å². The molecule has 0 radical (unpaired) electrons. The Bertz CT molecular complexity index is 289. The van der Waals surface area contributed by atoms with Crippen LogP contribution in [0, 0.1) is 0 Å². The molecule has 0 spiro atoms. The molecule has 1 aromatic rings. The Balaban J connectivity index is 0.000000336. The second kappa shape index (κ2) is 5.77. The second-order valence-corrected chi connectivity index (χ2v) is 2.96. The molecule has 0 aliphatic carbocycles. The Kier molecular flexibility index (Phi) is 5.39. The number of hydrogen-bond donors (Lipinski definition) is 0. The Labute approximate surface area is 86.6 Å². The molecule has 0 saturated carbocycles. The van der Waals surface area contributed by atoms with Gasteiger partial charge in [-0.1, -0.05) is 6.92 Å². The lowest BCUT2D eigenvalue weighted by molar-refractivity contribution is -0.678. The molecule has 0 bridgehead atoms. The summed E-state index contributed by atoms with van der Waals surface area (Å²) in [5, 5.41) is 0. The van der Waals surface area contributed by atoms with Gasteiger partial charge in [-0.15, -0.1) is 0 Å². The normalized spacial score (nSPS) is 10.9. The van der Waals surface area contributed by atoms with E-state index in [1.165, 1.54) is 5.82 Å². The van der Waals surface area contributed by atoms with Gasteiger partial charge in [0.15, 0.2) is 0 Å². The minimum absolute atomic E-state index is 1.07. The standard InChI is InChI=1S/C8H15N2.BF4/c1-4-8-9(3)6-7-10(8)5-2;2-1(3,4)5/h6-7H,4-5H2,1-3H3;/q+1;-1. The molecular weight excluding hydrogens is 211 g/mol. The van der Waals surface area contributed by atoms with E-state index in [4.69, 9.17) is 0 Å². The summed E-state index contributed by atoms with van der Waals surface area (Å²) in [4.78, 5) is 0. The van der Waals surface area contributed by atoms with Crippen molar-refractivity contribution in [3.63, 3.8) is 0 Å². The second-order valence-electron chi connectivity index (χ2n) is 2.96. The van der Waals surface area contributed by atoms with Gasteiger partial charge in [0, 0.05) is 6.42 Å². The van der Waals surface area contributed by atoms with Crippen LogP contribution in [-0.2, 0) is 20.0 Å². The molecule has 15 heavy (non-hydrogen) atoms. The van der Waals surface area contributed by atoms with Gasteiger partial charge in [0.05, 0.1) is 13.6 Å². The van der Waals surface area contributed by atoms with Crippen molar-refractivity contribution >= 4 is 7.25 Å². The third-order valence-corrected chi connectivity index (χ3v) is 1.87. The molecule has 1 aromatic heterocycles. The highest BCUT2D eigenvalue weighted by Gasteiger charge is 2.20. The van der Waals surface area contributed by atoms with Gasteiger partial charge in [-0.3, -0.25) is 0 Å². The topological polar surface area (TPSA) is 8.81 Å². The van der Waals surface area contributed by atoms with Gasteiger partial charge in [-0.05, 0) is 6.92 Å². The third-order valence-electron chi connectivity index (χ3n) is 1.87. The minimum atomic E-state index is -6.00. The first-order chi connectivity index (χ1) is 6.79. The predicted octanol–water partition coefficient (Wildman–Crippen LogP) is 2.19. The van der Waals surface area contributed by atoms with Crippen molar-refractivity contribution in [1.29, 1.82) is 0 Å². The van der Waals surface area contributed by atoms with Crippen LogP contribution in [-0.4, -0.2) is 11.8 Å². The summed E-state index contributed by atoms with van der Waals surface area (Å²) in [7, 11) is -3.91. The van der Waals surface area contributed by atoms with E-state index < -0.39 is 7.25 Å². The van der Waals surface area contributed by atoms with Crippen LogP contribution in [0.2, 0.25) is 0 Å². The summed E-state index contributed by atoms with van der Waals surface area (Å²) in [6, 6.07) is 0. The van der Waals surface area contributed by atoms with E-state index in [2.05, 4.69) is 42.4 Å². The first-order valence-corrected chi connectivity index (χ1v) is 4.70. The Morgan fingerprint density at radius 2 is 1.73 bits per heavy atom. The van der Waals surface area contributed by atoms with Crippen LogP contribution in [0.1, 0.15) is 19.7 Å². The number of imidazole rings is 1. The molecule has 0 amide bonds. The molecule has 0 N–H and O–H groups in total. The van der Waals surface area contributed by atoms with Crippen molar-refractivity contribution in [2.24, 2.45) is 7.05 Å². The average Bonchev–Trinajstić information content (AvgIpc) is 2.43. The fraction of sp³-hybridized carbons (Fsp3) is 0.625. The highest BCUT2D eigenvalue weighted by atomic mass is 19.5. The molecule has 0 aliphatic heterocycles. The Morgan fingerprint density at radius 1 is 1.27 bits per heavy atom. The Hall–Kier alpha value is -1.01. The van der Waals surface area contributed by atoms with Crippen LogP contribution >= 0.6 is 0 Å². The Morgan fingerprint density at radius 3 is 2.00 bits per heavy atom. The quantitative estimate of drug-likeness (QED) is 0.415. The number of hydrogen-bond acceptors (Lipinski definition) is 0. The zero-order valence-electron chi connectivity index (χ0n) is 9.05. The molecule has 7 heteroatoms. The van der Waals surface area contributed by atoms with Gasteiger partial charge in [-0.2, -0.15) is 0 Å². The summed E-state index contributed by atoms with van der Waals surface area (Å²) in [5.41, 5.74) is 0. The fourth-order valence-electron chi connectivity index (χ4n) is 1.30. The molecule has 0 saturated heterocycles. The van der Waals surface area contributed by atoms with Gasteiger partial charge < -0.3 is 17.3 Å². The maximum absolute atomic E-state index is 9.75. The smallest absolute Gasteiger partial charge is 0.418 e. The minimum Gasteiger partial charge on any atom is -0.418 e. The molecule has 1 heterocycles. The van der Waals surface area contributed by atoms with Crippen LogP contribution in [0.4, 0.5) is 17.3 Å².